The second-order valence-corrected chi connectivity index (χ2v) is 7.29. The zero-order valence-corrected chi connectivity index (χ0v) is 14.8. The van der Waals surface area contributed by atoms with Gasteiger partial charge >= 0.3 is 0 Å². The molecule has 23 heavy (non-hydrogen) atoms. The van der Waals surface area contributed by atoms with Crippen LogP contribution in [-0.2, 0) is 6.42 Å². The van der Waals surface area contributed by atoms with Crippen molar-refractivity contribution in [2.24, 2.45) is 11.8 Å². The first-order valence-corrected chi connectivity index (χ1v) is 9.66. The molecule has 0 radical (unpaired) electrons. The van der Waals surface area contributed by atoms with Gasteiger partial charge in [0, 0.05) is 6.20 Å². The van der Waals surface area contributed by atoms with Crippen molar-refractivity contribution < 1.29 is 0 Å². The summed E-state index contributed by atoms with van der Waals surface area (Å²) in [6.07, 6.45) is 18.6. The van der Waals surface area contributed by atoms with E-state index in [0.717, 1.165) is 18.3 Å². The fourth-order valence-corrected chi connectivity index (χ4v) is 3.85. The number of aromatic nitrogens is 1. The van der Waals surface area contributed by atoms with Gasteiger partial charge in [-0.1, -0.05) is 77.2 Å². The van der Waals surface area contributed by atoms with E-state index in [2.05, 4.69) is 24.0 Å². The second kappa shape index (κ2) is 10.4. The van der Waals surface area contributed by atoms with Gasteiger partial charge in [0.05, 0.1) is 0 Å². The van der Waals surface area contributed by atoms with E-state index in [9.17, 15) is 0 Å². The van der Waals surface area contributed by atoms with Gasteiger partial charge in [-0.2, -0.15) is 5.26 Å². The summed E-state index contributed by atoms with van der Waals surface area (Å²) < 4.78 is 0. The molecule has 0 atom stereocenters. The number of rotatable bonds is 9. The normalized spacial score (nSPS) is 21.0. The fourth-order valence-electron chi connectivity index (χ4n) is 3.85. The van der Waals surface area contributed by atoms with Gasteiger partial charge in [-0.25, -0.2) is 4.98 Å². The van der Waals surface area contributed by atoms with E-state index in [-0.39, 0.29) is 0 Å². The molecule has 2 heteroatoms. The van der Waals surface area contributed by atoms with Gasteiger partial charge in [-0.15, -0.1) is 0 Å². The molecule has 1 heterocycles. The first kappa shape index (κ1) is 18.0. The zero-order chi connectivity index (χ0) is 16.3. The monoisotopic (exact) mass is 312 g/mol. The molecule has 1 aromatic heterocycles. The van der Waals surface area contributed by atoms with Gasteiger partial charge in [-0.3, -0.25) is 0 Å². The molecule has 1 aliphatic carbocycles. The highest BCUT2D eigenvalue weighted by atomic mass is 14.7. The minimum absolute atomic E-state index is 0.521. The third-order valence-electron chi connectivity index (χ3n) is 5.46. The third kappa shape index (κ3) is 6.73. The smallest absolute Gasteiger partial charge is 0.140 e. The molecular formula is C21H32N2. The van der Waals surface area contributed by atoms with Gasteiger partial charge in [-0.05, 0) is 36.3 Å². The summed E-state index contributed by atoms with van der Waals surface area (Å²) in [4.78, 5) is 4.17. The van der Waals surface area contributed by atoms with Crippen molar-refractivity contribution in [1.29, 1.82) is 5.26 Å². The number of nitrogens with zero attached hydrogens (tertiary/aromatic N) is 2. The molecule has 0 bridgehead atoms. The fraction of sp³-hybridized carbons (Fsp3) is 0.714. The van der Waals surface area contributed by atoms with Crippen molar-refractivity contribution in [2.45, 2.75) is 84.0 Å². The summed E-state index contributed by atoms with van der Waals surface area (Å²) in [5.74, 6) is 1.91. The van der Waals surface area contributed by atoms with Crippen molar-refractivity contribution in [1.82, 2.24) is 4.98 Å². The molecular weight excluding hydrogens is 280 g/mol. The van der Waals surface area contributed by atoms with E-state index in [4.69, 9.17) is 5.26 Å². The predicted octanol–water partition coefficient (Wildman–Crippen LogP) is 6.05. The Morgan fingerprint density at radius 2 is 1.70 bits per heavy atom. The lowest BCUT2D eigenvalue weighted by Crippen LogP contribution is -2.15. The molecule has 0 spiro atoms. The SMILES string of the molecule is CCCCCCCC1CCC(CCc2ccc(C#N)nc2)CC1. The first-order valence-electron chi connectivity index (χ1n) is 9.66. The van der Waals surface area contributed by atoms with Crippen LogP contribution < -0.4 is 0 Å². The Hall–Kier alpha value is -1.36. The number of hydrogen-bond acceptors (Lipinski definition) is 2. The van der Waals surface area contributed by atoms with Crippen molar-refractivity contribution in [3.8, 4) is 6.07 Å². The van der Waals surface area contributed by atoms with Crippen LogP contribution in [0.4, 0.5) is 0 Å². The molecule has 1 aromatic rings. The number of pyridine rings is 1. The average Bonchev–Trinajstić information content (AvgIpc) is 2.61. The Morgan fingerprint density at radius 1 is 1.00 bits per heavy atom. The average molecular weight is 313 g/mol. The highest BCUT2D eigenvalue weighted by Gasteiger charge is 2.20. The topological polar surface area (TPSA) is 36.7 Å². The molecule has 0 aromatic carbocycles. The van der Waals surface area contributed by atoms with Gasteiger partial charge in [0.1, 0.15) is 11.8 Å². The minimum atomic E-state index is 0.521. The lowest BCUT2D eigenvalue weighted by Gasteiger charge is -2.28. The number of nitriles is 1. The predicted molar refractivity (Wildman–Crippen MR) is 96.1 cm³/mol. The van der Waals surface area contributed by atoms with E-state index < -0.39 is 0 Å². The van der Waals surface area contributed by atoms with E-state index in [1.165, 1.54) is 76.2 Å². The maximum Gasteiger partial charge on any atom is 0.140 e. The molecule has 0 saturated heterocycles. The summed E-state index contributed by atoms with van der Waals surface area (Å²) in [6, 6.07) is 5.98. The van der Waals surface area contributed by atoms with Gasteiger partial charge in [0.2, 0.25) is 0 Å². The lowest BCUT2D eigenvalue weighted by atomic mass is 9.78. The van der Waals surface area contributed by atoms with Crippen LogP contribution in [0, 0.1) is 23.2 Å². The van der Waals surface area contributed by atoms with Crippen LogP contribution in [-0.4, -0.2) is 4.98 Å². The molecule has 2 rings (SSSR count). The zero-order valence-electron chi connectivity index (χ0n) is 14.8. The highest BCUT2D eigenvalue weighted by molar-refractivity contribution is 5.23. The Labute approximate surface area is 142 Å². The molecule has 1 saturated carbocycles. The van der Waals surface area contributed by atoms with Crippen LogP contribution in [0.3, 0.4) is 0 Å². The van der Waals surface area contributed by atoms with E-state index in [1.807, 2.05) is 12.3 Å². The van der Waals surface area contributed by atoms with Crippen LogP contribution in [0.1, 0.15) is 88.8 Å². The van der Waals surface area contributed by atoms with E-state index in [1.54, 1.807) is 0 Å². The van der Waals surface area contributed by atoms with E-state index in [0.29, 0.717) is 5.69 Å². The Morgan fingerprint density at radius 3 is 2.30 bits per heavy atom. The van der Waals surface area contributed by atoms with Crippen LogP contribution in [0.25, 0.3) is 0 Å². The maximum atomic E-state index is 8.78. The minimum Gasteiger partial charge on any atom is -0.245 e. The Kier molecular flexibility index (Phi) is 8.15. The Balaban J connectivity index is 1.58. The maximum absolute atomic E-state index is 8.78. The quantitative estimate of drug-likeness (QED) is 0.520. The summed E-state index contributed by atoms with van der Waals surface area (Å²) in [7, 11) is 0. The largest absolute Gasteiger partial charge is 0.245 e. The molecule has 2 nitrogen and oxygen atoms in total. The summed E-state index contributed by atoms with van der Waals surface area (Å²) in [5, 5.41) is 8.78. The van der Waals surface area contributed by atoms with Gasteiger partial charge in [0.25, 0.3) is 0 Å². The number of unbranched alkanes of at least 4 members (excludes halogenated alkanes) is 4. The number of hydrogen-bond donors (Lipinski definition) is 0. The first-order chi connectivity index (χ1) is 11.3. The van der Waals surface area contributed by atoms with Crippen molar-refractivity contribution >= 4 is 0 Å². The van der Waals surface area contributed by atoms with Crippen LogP contribution in [0.2, 0.25) is 0 Å². The van der Waals surface area contributed by atoms with Gasteiger partial charge in [0.15, 0.2) is 0 Å². The highest BCUT2D eigenvalue weighted by Crippen LogP contribution is 2.34. The second-order valence-electron chi connectivity index (χ2n) is 7.29. The third-order valence-corrected chi connectivity index (χ3v) is 5.46. The summed E-state index contributed by atoms with van der Waals surface area (Å²) in [6.45, 7) is 2.29. The van der Waals surface area contributed by atoms with E-state index >= 15 is 0 Å². The van der Waals surface area contributed by atoms with Crippen LogP contribution >= 0.6 is 0 Å². The standard InChI is InChI=1S/C21H32N2/c1-2-3-4-5-6-7-18-8-10-19(11-9-18)12-13-20-14-15-21(16-22)23-17-20/h14-15,17-19H,2-13H2,1H3. The Bertz CT molecular complexity index is 464. The summed E-state index contributed by atoms with van der Waals surface area (Å²) >= 11 is 0. The molecule has 0 N–H and O–H groups in total. The van der Waals surface area contributed by atoms with Crippen molar-refractivity contribution in [3.63, 3.8) is 0 Å². The molecule has 0 unspecified atom stereocenters. The lowest BCUT2D eigenvalue weighted by molar-refractivity contribution is 0.248. The van der Waals surface area contributed by atoms with Crippen LogP contribution in [0.5, 0.6) is 0 Å². The molecule has 1 aliphatic rings. The van der Waals surface area contributed by atoms with Crippen molar-refractivity contribution in [3.05, 3.63) is 29.6 Å². The van der Waals surface area contributed by atoms with Crippen molar-refractivity contribution in [2.75, 3.05) is 0 Å². The summed E-state index contributed by atoms with van der Waals surface area (Å²) in [5.41, 5.74) is 1.80. The van der Waals surface area contributed by atoms with Crippen LogP contribution in [0.15, 0.2) is 18.3 Å². The molecule has 1 fully saturated rings. The molecule has 0 aliphatic heterocycles. The van der Waals surface area contributed by atoms with Gasteiger partial charge < -0.3 is 0 Å². The molecule has 0 amide bonds. The number of aryl methyl sites for hydroxylation is 1. The molecule has 126 valence electrons.